The van der Waals surface area contributed by atoms with Gasteiger partial charge in [0.05, 0.1) is 27.4 Å². The van der Waals surface area contributed by atoms with Crippen molar-refractivity contribution in [3.05, 3.63) is 169 Å². The van der Waals surface area contributed by atoms with Crippen molar-refractivity contribution in [3.63, 3.8) is 0 Å². The Morgan fingerprint density at radius 2 is 0.889 bits per heavy atom. The molecule has 9 rings (SSSR count). The maximum Gasteiger partial charge on any atom is 0.136 e. The second-order valence-corrected chi connectivity index (χ2v) is 10.1. The van der Waals surface area contributed by atoms with E-state index in [0.29, 0.717) is 21.5 Å². The van der Waals surface area contributed by atoms with Gasteiger partial charge in [0.15, 0.2) is 0 Å². The monoisotopic (exact) mass is 592 g/mol. The molecule has 1 aromatic heterocycles. The number of hydrogen-bond acceptors (Lipinski definition) is 1. The van der Waals surface area contributed by atoms with Crippen LogP contribution in [0.3, 0.4) is 0 Å². The summed E-state index contributed by atoms with van der Waals surface area (Å²) in [6.07, 6.45) is 0. The van der Waals surface area contributed by atoms with Crippen molar-refractivity contribution in [2.45, 2.75) is 0 Å². The highest BCUT2D eigenvalue weighted by Gasteiger charge is 2.18. The summed E-state index contributed by atoms with van der Waals surface area (Å²) in [7, 11) is 0. The summed E-state index contributed by atoms with van der Waals surface area (Å²) in [5.41, 5.74) is -2.59. The van der Waals surface area contributed by atoms with Crippen LogP contribution in [0.15, 0.2) is 174 Å². The number of furan rings is 1. The molecule has 1 heteroatoms. The molecule has 210 valence electrons. The van der Waals surface area contributed by atoms with E-state index in [1.807, 2.05) is 0 Å². The van der Waals surface area contributed by atoms with Gasteiger partial charge in [0, 0.05) is 10.8 Å². The molecule has 0 N–H and O–H groups in total. The normalized spacial score (nSPS) is 17.8. The molecule has 0 saturated carbocycles. The van der Waals surface area contributed by atoms with Crippen LogP contribution in [0.25, 0.3) is 88.0 Å². The van der Waals surface area contributed by atoms with Gasteiger partial charge in [-0.25, -0.2) is 0 Å². The van der Waals surface area contributed by atoms with E-state index >= 15 is 0 Å². The Balaban J connectivity index is 1.39. The van der Waals surface area contributed by atoms with Gasteiger partial charge in [-0.15, -0.1) is 0 Å². The fourth-order valence-electron chi connectivity index (χ4n) is 5.74. The minimum Gasteiger partial charge on any atom is -0.456 e. The quantitative estimate of drug-likeness (QED) is 0.185. The largest absolute Gasteiger partial charge is 0.456 e. The van der Waals surface area contributed by atoms with Gasteiger partial charge in [-0.05, 0) is 84.2 Å². The van der Waals surface area contributed by atoms with E-state index in [1.54, 1.807) is 48.5 Å². The standard InChI is InChI=1S/C44H28O/c1-3-12-29(13-4-1)30-22-24-32(25-23-30)42-35-16-7-9-18-37(35)43(38-19-10-8-17-36(38)42)33-26-27-39-41(28-33)45-40-21-11-20-34(44(39)40)31-14-5-2-6-15-31/h1-28H/i1D,2D,3D,4D,5D,6D,11D,12D,13D,14D,15D,20D,21D,22D,23D,24D,25D,26D,27D,28D. The van der Waals surface area contributed by atoms with Gasteiger partial charge in [-0.3, -0.25) is 0 Å². The van der Waals surface area contributed by atoms with Crippen molar-refractivity contribution in [1.29, 1.82) is 0 Å². The smallest absolute Gasteiger partial charge is 0.136 e. The molecule has 0 spiro atoms. The lowest BCUT2D eigenvalue weighted by Gasteiger charge is -2.18. The molecule has 9 aromatic rings. The van der Waals surface area contributed by atoms with E-state index in [0.717, 1.165) is 0 Å². The van der Waals surface area contributed by atoms with Crippen LogP contribution < -0.4 is 0 Å². The molecule has 0 aliphatic rings. The van der Waals surface area contributed by atoms with Crippen LogP contribution >= 0.6 is 0 Å². The third kappa shape index (κ3) is 4.17. The van der Waals surface area contributed by atoms with Crippen molar-refractivity contribution in [2.24, 2.45) is 0 Å². The van der Waals surface area contributed by atoms with Crippen molar-refractivity contribution in [3.8, 4) is 44.5 Å². The lowest BCUT2D eigenvalue weighted by atomic mass is 9.85. The number of benzene rings is 8. The molecule has 0 saturated heterocycles. The first-order chi connectivity index (χ1) is 30.7. The van der Waals surface area contributed by atoms with Crippen molar-refractivity contribution < 1.29 is 31.8 Å². The van der Waals surface area contributed by atoms with Crippen molar-refractivity contribution in [2.75, 3.05) is 0 Å². The molecule has 0 aliphatic heterocycles. The Morgan fingerprint density at radius 3 is 1.51 bits per heavy atom. The summed E-state index contributed by atoms with van der Waals surface area (Å²) in [4.78, 5) is 0. The molecule has 0 aliphatic carbocycles. The second kappa shape index (κ2) is 10.4. The van der Waals surface area contributed by atoms with Crippen LogP contribution in [-0.2, 0) is 0 Å². The Kier molecular flexibility index (Phi) is 2.90. The summed E-state index contributed by atoms with van der Waals surface area (Å²) >= 11 is 0. The van der Waals surface area contributed by atoms with Gasteiger partial charge in [0.1, 0.15) is 11.2 Å². The zero-order valence-electron chi connectivity index (χ0n) is 43.0. The van der Waals surface area contributed by atoms with Gasteiger partial charge in [-0.1, -0.05) is 151 Å². The molecule has 0 fully saturated rings. The first-order valence-electron chi connectivity index (χ1n) is 23.8. The summed E-state index contributed by atoms with van der Waals surface area (Å²) in [6, 6.07) is -0.175. The van der Waals surface area contributed by atoms with E-state index in [-0.39, 0.29) is 38.6 Å². The van der Waals surface area contributed by atoms with Gasteiger partial charge in [-0.2, -0.15) is 0 Å². The van der Waals surface area contributed by atoms with Crippen LogP contribution in [-0.4, -0.2) is 0 Å². The average molecular weight is 593 g/mol. The Hall–Kier alpha value is -5.92. The Morgan fingerprint density at radius 1 is 0.378 bits per heavy atom. The maximum atomic E-state index is 9.67. The first kappa shape index (κ1) is 12.6. The fourth-order valence-corrected chi connectivity index (χ4v) is 5.74. The minimum absolute atomic E-state index is 0.148. The summed E-state index contributed by atoms with van der Waals surface area (Å²) in [5.74, 6) is 0. The number of rotatable bonds is 4. The van der Waals surface area contributed by atoms with Crippen LogP contribution in [0.1, 0.15) is 27.4 Å². The topological polar surface area (TPSA) is 13.1 Å². The van der Waals surface area contributed by atoms with Crippen molar-refractivity contribution >= 4 is 43.5 Å². The molecule has 1 heterocycles. The fraction of sp³-hybridized carbons (Fsp3) is 0. The molecular weight excluding hydrogens is 544 g/mol. The number of fused-ring (bicyclic) bond motifs is 5. The second-order valence-electron chi connectivity index (χ2n) is 10.1. The zero-order valence-corrected chi connectivity index (χ0v) is 23.0. The highest BCUT2D eigenvalue weighted by Crippen LogP contribution is 2.45. The molecule has 8 aromatic carbocycles. The third-order valence-electron chi connectivity index (χ3n) is 7.63. The lowest BCUT2D eigenvalue weighted by Crippen LogP contribution is -1.91. The average Bonchev–Trinajstić information content (AvgIpc) is 3.70. The van der Waals surface area contributed by atoms with E-state index in [1.165, 1.54) is 0 Å². The van der Waals surface area contributed by atoms with E-state index in [4.69, 9.17) is 25.0 Å². The van der Waals surface area contributed by atoms with Crippen LogP contribution in [0.4, 0.5) is 0 Å². The van der Waals surface area contributed by atoms with E-state index in [2.05, 4.69) is 0 Å². The number of hydrogen-bond donors (Lipinski definition) is 0. The molecule has 1 nitrogen and oxygen atoms in total. The van der Waals surface area contributed by atoms with E-state index in [9.17, 15) is 6.85 Å². The first-order valence-corrected chi connectivity index (χ1v) is 13.8. The van der Waals surface area contributed by atoms with Crippen LogP contribution in [0.5, 0.6) is 0 Å². The molecular formula is C44H28O. The van der Waals surface area contributed by atoms with Gasteiger partial charge < -0.3 is 4.42 Å². The molecule has 0 unspecified atom stereocenters. The highest BCUT2D eigenvalue weighted by atomic mass is 16.3. The predicted octanol–water partition coefficient (Wildman–Crippen LogP) is 12.6. The van der Waals surface area contributed by atoms with Gasteiger partial charge in [0.25, 0.3) is 0 Å². The third-order valence-corrected chi connectivity index (χ3v) is 7.63. The Labute approximate surface area is 289 Å². The van der Waals surface area contributed by atoms with Crippen LogP contribution in [0.2, 0.25) is 0 Å². The van der Waals surface area contributed by atoms with E-state index < -0.39 is 149 Å². The molecule has 0 amide bonds. The SMILES string of the molecule is [2H]c1c([2H])c([2H])c(-c2c([2H])c([2H])c(-c3c4ccccc4c(-c4c([2H])c([2H])c5c(oc6c([2H])c([2H])c([2H])c(-c7c([2H])c([2H])c([2H])c([2H])c7[2H])c65)c4[2H])c4ccccc34)c([2H])c2[2H])c([2H])c1[2H]. The summed E-state index contributed by atoms with van der Waals surface area (Å²) < 4.78 is 181. The zero-order chi connectivity index (χ0) is 47.1. The molecule has 0 atom stereocenters. The van der Waals surface area contributed by atoms with Gasteiger partial charge in [0.2, 0.25) is 0 Å². The highest BCUT2D eigenvalue weighted by molar-refractivity contribution is 6.22. The summed E-state index contributed by atoms with van der Waals surface area (Å²) in [6.45, 7) is 0. The maximum absolute atomic E-state index is 9.67. The van der Waals surface area contributed by atoms with Crippen LogP contribution in [0, 0.1) is 0 Å². The molecule has 0 radical (unpaired) electrons. The van der Waals surface area contributed by atoms with Crippen molar-refractivity contribution in [1.82, 2.24) is 0 Å². The predicted molar refractivity (Wildman–Crippen MR) is 190 cm³/mol. The minimum atomic E-state index is -0.737. The molecule has 0 bridgehead atoms. The summed E-state index contributed by atoms with van der Waals surface area (Å²) in [5, 5.41) is 0.767. The molecule has 45 heavy (non-hydrogen) atoms. The van der Waals surface area contributed by atoms with Gasteiger partial charge >= 0.3 is 0 Å². The lowest BCUT2D eigenvalue weighted by molar-refractivity contribution is 0.669. The Bertz CT molecular complexity index is 3520.